The maximum atomic E-state index is 5.26. The van der Waals surface area contributed by atoms with Crippen LogP contribution in [0.15, 0.2) is 16.8 Å². The SMILES string of the molecule is C#CC(C)NC(C)c1ccsc1. The van der Waals surface area contributed by atoms with Gasteiger partial charge in [0.2, 0.25) is 0 Å². The van der Waals surface area contributed by atoms with E-state index in [1.807, 2.05) is 6.92 Å². The summed E-state index contributed by atoms with van der Waals surface area (Å²) in [6, 6.07) is 2.60. The van der Waals surface area contributed by atoms with E-state index < -0.39 is 0 Å². The van der Waals surface area contributed by atoms with E-state index in [9.17, 15) is 0 Å². The second-order valence-electron chi connectivity index (χ2n) is 2.83. The quantitative estimate of drug-likeness (QED) is 0.703. The Hall–Kier alpha value is -0.780. The molecule has 1 nitrogen and oxygen atoms in total. The highest BCUT2D eigenvalue weighted by Gasteiger charge is 2.06. The van der Waals surface area contributed by atoms with Crippen LogP contribution in [0.4, 0.5) is 0 Å². The molecule has 1 rings (SSSR count). The van der Waals surface area contributed by atoms with Gasteiger partial charge >= 0.3 is 0 Å². The predicted octanol–water partition coefficient (Wildman–Crippen LogP) is 2.42. The molecule has 1 aromatic heterocycles. The molecule has 2 atom stereocenters. The van der Waals surface area contributed by atoms with Gasteiger partial charge in [0, 0.05) is 6.04 Å². The lowest BCUT2D eigenvalue weighted by atomic mass is 10.1. The smallest absolute Gasteiger partial charge is 0.0662 e. The van der Waals surface area contributed by atoms with E-state index in [4.69, 9.17) is 6.42 Å². The fourth-order valence-electron chi connectivity index (χ4n) is 1.04. The van der Waals surface area contributed by atoms with E-state index in [0.29, 0.717) is 6.04 Å². The maximum Gasteiger partial charge on any atom is 0.0662 e. The zero-order valence-corrected chi connectivity index (χ0v) is 8.19. The molecule has 0 aliphatic carbocycles. The van der Waals surface area contributed by atoms with Crippen molar-refractivity contribution in [2.45, 2.75) is 25.9 Å². The minimum atomic E-state index is 0.139. The average molecular weight is 179 g/mol. The zero-order chi connectivity index (χ0) is 8.97. The molecule has 0 aromatic carbocycles. The highest BCUT2D eigenvalue weighted by molar-refractivity contribution is 7.07. The molecule has 0 saturated heterocycles. The van der Waals surface area contributed by atoms with Crippen LogP contribution in [-0.2, 0) is 0 Å². The van der Waals surface area contributed by atoms with Crippen molar-refractivity contribution in [1.82, 2.24) is 5.32 Å². The molecule has 0 radical (unpaired) electrons. The molecule has 0 amide bonds. The van der Waals surface area contributed by atoms with Crippen LogP contribution in [0.5, 0.6) is 0 Å². The van der Waals surface area contributed by atoms with Crippen LogP contribution < -0.4 is 5.32 Å². The predicted molar refractivity (Wildman–Crippen MR) is 54.2 cm³/mol. The molecule has 0 aliphatic heterocycles. The number of nitrogens with one attached hydrogen (secondary N) is 1. The highest BCUT2D eigenvalue weighted by Crippen LogP contribution is 2.15. The molecule has 0 fully saturated rings. The van der Waals surface area contributed by atoms with Crippen molar-refractivity contribution in [1.29, 1.82) is 0 Å². The lowest BCUT2D eigenvalue weighted by Crippen LogP contribution is -2.27. The summed E-state index contributed by atoms with van der Waals surface area (Å²) >= 11 is 1.71. The first kappa shape index (κ1) is 9.31. The zero-order valence-electron chi connectivity index (χ0n) is 7.37. The van der Waals surface area contributed by atoms with Gasteiger partial charge in [0.15, 0.2) is 0 Å². The average Bonchev–Trinajstić information content (AvgIpc) is 2.56. The molecule has 12 heavy (non-hydrogen) atoms. The maximum absolute atomic E-state index is 5.26. The molecule has 64 valence electrons. The van der Waals surface area contributed by atoms with Gasteiger partial charge in [-0.15, -0.1) is 6.42 Å². The van der Waals surface area contributed by atoms with Gasteiger partial charge in [-0.05, 0) is 36.2 Å². The standard InChI is InChI=1S/C10H13NS/c1-4-8(2)11-9(3)10-5-6-12-7-10/h1,5-9,11H,2-3H3. The molecular weight excluding hydrogens is 166 g/mol. The van der Waals surface area contributed by atoms with Crippen molar-refractivity contribution in [3.8, 4) is 12.3 Å². The van der Waals surface area contributed by atoms with Crippen LogP contribution in [0, 0.1) is 12.3 Å². The van der Waals surface area contributed by atoms with Crippen molar-refractivity contribution in [2.24, 2.45) is 0 Å². The molecule has 1 N–H and O–H groups in total. The summed E-state index contributed by atoms with van der Waals surface area (Å²) in [5.74, 6) is 2.65. The Balaban J connectivity index is 2.51. The summed E-state index contributed by atoms with van der Waals surface area (Å²) in [5.41, 5.74) is 1.31. The Labute approximate surface area is 77.8 Å². The second kappa shape index (κ2) is 4.30. The minimum Gasteiger partial charge on any atom is -0.297 e. The largest absolute Gasteiger partial charge is 0.297 e. The second-order valence-corrected chi connectivity index (χ2v) is 3.61. The van der Waals surface area contributed by atoms with Crippen LogP contribution in [0.3, 0.4) is 0 Å². The molecule has 0 aliphatic rings. The van der Waals surface area contributed by atoms with Crippen molar-refractivity contribution in [3.05, 3.63) is 22.4 Å². The van der Waals surface area contributed by atoms with Gasteiger partial charge in [0.05, 0.1) is 6.04 Å². The summed E-state index contributed by atoms with van der Waals surface area (Å²) in [6.45, 7) is 4.11. The summed E-state index contributed by atoms with van der Waals surface area (Å²) < 4.78 is 0. The lowest BCUT2D eigenvalue weighted by molar-refractivity contribution is 0.547. The van der Waals surface area contributed by atoms with Gasteiger partial charge < -0.3 is 0 Å². The van der Waals surface area contributed by atoms with Gasteiger partial charge in [-0.25, -0.2) is 0 Å². The fourth-order valence-corrected chi connectivity index (χ4v) is 1.79. The van der Waals surface area contributed by atoms with E-state index >= 15 is 0 Å². The van der Waals surface area contributed by atoms with E-state index in [0.717, 1.165) is 0 Å². The summed E-state index contributed by atoms with van der Waals surface area (Å²) in [7, 11) is 0. The molecule has 0 bridgehead atoms. The van der Waals surface area contributed by atoms with Crippen LogP contribution in [-0.4, -0.2) is 6.04 Å². The van der Waals surface area contributed by atoms with Crippen molar-refractivity contribution in [3.63, 3.8) is 0 Å². The van der Waals surface area contributed by atoms with Gasteiger partial charge in [0.1, 0.15) is 0 Å². The summed E-state index contributed by atoms with van der Waals surface area (Å²) in [4.78, 5) is 0. The molecule has 2 heteroatoms. The minimum absolute atomic E-state index is 0.139. The van der Waals surface area contributed by atoms with E-state index in [1.54, 1.807) is 11.3 Å². The Kier molecular flexibility index (Phi) is 3.33. The topological polar surface area (TPSA) is 12.0 Å². The molecular formula is C10H13NS. The molecule has 0 saturated carbocycles. The van der Waals surface area contributed by atoms with Gasteiger partial charge in [-0.1, -0.05) is 5.92 Å². The number of thiophene rings is 1. The van der Waals surface area contributed by atoms with Crippen LogP contribution in [0.1, 0.15) is 25.5 Å². The monoisotopic (exact) mass is 179 g/mol. The number of hydrogen-bond acceptors (Lipinski definition) is 2. The van der Waals surface area contributed by atoms with Gasteiger partial charge in [-0.3, -0.25) is 5.32 Å². The van der Waals surface area contributed by atoms with E-state index in [2.05, 4.69) is 35.0 Å². The van der Waals surface area contributed by atoms with Crippen molar-refractivity contribution < 1.29 is 0 Å². The molecule has 1 aromatic rings. The van der Waals surface area contributed by atoms with E-state index in [-0.39, 0.29) is 6.04 Å². The van der Waals surface area contributed by atoms with Crippen LogP contribution in [0.25, 0.3) is 0 Å². The first-order valence-electron chi connectivity index (χ1n) is 3.98. The third kappa shape index (κ3) is 2.37. The Morgan fingerprint density at radius 1 is 1.58 bits per heavy atom. The third-order valence-corrected chi connectivity index (χ3v) is 2.49. The lowest BCUT2D eigenvalue weighted by Gasteiger charge is -2.14. The van der Waals surface area contributed by atoms with Crippen LogP contribution >= 0.6 is 11.3 Å². The third-order valence-electron chi connectivity index (χ3n) is 1.79. The van der Waals surface area contributed by atoms with Gasteiger partial charge in [-0.2, -0.15) is 11.3 Å². The normalized spacial score (nSPS) is 15.1. The number of terminal acetylenes is 1. The number of hydrogen-bond donors (Lipinski definition) is 1. The molecule has 0 spiro atoms. The van der Waals surface area contributed by atoms with Crippen LogP contribution in [0.2, 0.25) is 0 Å². The summed E-state index contributed by atoms with van der Waals surface area (Å²) in [5, 5.41) is 7.52. The Morgan fingerprint density at radius 3 is 2.83 bits per heavy atom. The summed E-state index contributed by atoms with van der Waals surface area (Å²) in [6.07, 6.45) is 5.26. The Bertz CT molecular complexity index is 258. The molecule has 1 heterocycles. The Morgan fingerprint density at radius 2 is 2.33 bits per heavy atom. The van der Waals surface area contributed by atoms with Gasteiger partial charge in [0.25, 0.3) is 0 Å². The van der Waals surface area contributed by atoms with E-state index in [1.165, 1.54) is 5.56 Å². The first-order chi connectivity index (χ1) is 5.74. The fraction of sp³-hybridized carbons (Fsp3) is 0.400. The number of rotatable bonds is 3. The van der Waals surface area contributed by atoms with Crippen molar-refractivity contribution in [2.75, 3.05) is 0 Å². The van der Waals surface area contributed by atoms with Crippen molar-refractivity contribution >= 4 is 11.3 Å². The molecule has 2 unspecified atom stereocenters. The first-order valence-corrected chi connectivity index (χ1v) is 4.92. The highest BCUT2D eigenvalue weighted by atomic mass is 32.1.